The Hall–Kier alpha value is -2.50. The summed E-state index contributed by atoms with van der Waals surface area (Å²) in [5.74, 6) is 0. The molecule has 2 atom stereocenters. The minimum Gasteiger partial charge on any atom is -0.441 e. The molecule has 0 radical (unpaired) electrons. The third-order valence-electron chi connectivity index (χ3n) is 4.91. The summed E-state index contributed by atoms with van der Waals surface area (Å²) in [4.78, 5) is 14.1. The zero-order chi connectivity index (χ0) is 17.6. The van der Waals surface area contributed by atoms with Gasteiger partial charge >= 0.3 is 12.3 Å². The molecule has 2 heterocycles. The van der Waals surface area contributed by atoms with Crippen LogP contribution in [0.25, 0.3) is 0 Å². The van der Waals surface area contributed by atoms with Crippen LogP contribution in [0.15, 0.2) is 48.5 Å². The van der Waals surface area contributed by atoms with E-state index in [0.29, 0.717) is 18.5 Å². The smallest absolute Gasteiger partial charge is 0.416 e. The summed E-state index contributed by atoms with van der Waals surface area (Å²) >= 11 is 0. The van der Waals surface area contributed by atoms with E-state index in [9.17, 15) is 18.0 Å². The third kappa shape index (κ3) is 2.86. The van der Waals surface area contributed by atoms with Gasteiger partial charge in [-0.1, -0.05) is 36.4 Å². The van der Waals surface area contributed by atoms with E-state index in [-0.39, 0.29) is 6.04 Å². The van der Waals surface area contributed by atoms with Crippen molar-refractivity contribution in [3.8, 4) is 0 Å². The summed E-state index contributed by atoms with van der Waals surface area (Å²) in [6.45, 7) is 0.565. The second-order valence-corrected chi connectivity index (χ2v) is 6.39. The highest BCUT2D eigenvalue weighted by Gasteiger charge is 2.40. The fourth-order valence-corrected chi connectivity index (χ4v) is 3.68. The third-order valence-corrected chi connectivity index (χ3v) is 4.91. The van der Waals surface area contributed by atoms with Gasteiger partial charge in [-0.2, -0.15) is 13.2 Å². The number of halogens is 3. The first-order chi connectivity index (χ1) is 11.9. The monoisotopic (exact) mass is 347 g/mol. The zero-order valence-electron chi connectivity index (χ0n) is 13.3. The molecule has 0 unspecified atom stereocenters. The van der Waals surface area contributed by atoms with Crippen LogP contribution < -0.4 is 0 Å². The summed E-state index contributed by atoms with van der Waals surface area (Å²) < 4.78 is 44.3. The largest absolute Gasteiger partial charge is 0.441 e. The SMILES string of the molecule is O=C1O[C@H](c2cccc(C(F)(F)F)c2)C[C@@H]2c3ccccc3CCN12. The standard InChI is InChI=1S/C19H16F3NO2/c20-19(21,22)14-6-3-5-13(10-14)17-11-16-15-7-2-1-4-12(15)8-9-23(16)18(24)25-17/h1-7,10,16-17H,8-9,11H2/t16-,17+/m1/s1. The fourth-order valence-electron chi connectivity index (χ4n) is 3.68. The summed E-state index contributed by atoms with van der Waals surface area (Å²) in [5, 5.41) is 0. The predicted molar refractivity (Wildman–Crippen MR) is 84.9 cm³/mol. The second kappa shape index (κ2) is 5.79. The number of benzene rings is 2. The van der Waals surface area contributed by atoms with E-state index >= 15 is 0 Å². The minimum absolute atomic E-state index is 0.161. The molecule has 0 spiro atoms. The van der Waals surface area contributed by atoms with Crippen molar-refractivity contribution < 1.29 is 22.7 Å². The molecule has 1 saturated heterocycles. The molecule has 0 saturated carbocycles. The van der Waals surface area contributed by atoms with Crippen LogP contribution in [0, 0.1) is 0 Å². The number of fused-ring (bicyclic) bond motifs is 3. The van der Waals surface area contributed by atoms with E-state index in [1.807, 2.05) is 24.3 Å². The van der Waals surface area contributed by atoms with Crippen LogP contribution in [-0.4, -0.2) is 17.5 Å². The van der Waals surface area contributed by atoms with Crippen molar-refractivity contribution in [2.45, 2.75) is 31.2 Å². The molecule has 4 rings (SSSR count). The van der Waals surface area contributed by atoms with Gasteiger partial charge in [0.25, 0.3) is 0 Å². The van der Waals surface area contributed by atoms with Gasteiger partial charge in [0.05, 0.1) is 11.6 Å². The van der Waals surface area contributed by atoms with Crippen molar-refractivity contribution in [1.82, 2.24) is 4.90 Å². The Morgan fingerprint density at radius 1 is 1.08 bits per heavy atom. The number of alkyl halides is 3. The normalized spacial score (nSPS) is 22.8. The van der Waals surface area contributed by atoms with Gasteiger partial charge in [0.1, 0.15) is 6.10 Å². The number of carbonyl (C=O) groups excluding carboxylic acids is 1. The highest BCUT2D eigenvalue weighted by atomic mass is 19.4. The van der Waals surface area contributed by atoms with Gasteiger partial charge in [-0.25, -0.2) is 4.79 Å². The number of ether oxygens (including phenoxy) is 1. The average Bonchev–Trinajstić information content (AvgIpc) is 2.61. The molecule has 2 aliphatic rings. The molecule has 2 aromatic rings. The van der Waals surface area contributed by atoms with Gasteiger partial charge in [-0.15, -0.1) is 0 Å². The molecule has 130 valence electrons. The number of rotatable bonds is 1. The lowest BCUT2D eigenvalue weighted by Gasteiger charge is -2.42. The van der Waals surface area contributed by atoms with Crippen molar-refractivity contribution in [2.75, 3.05) is 6.54 Å². The molecule has 1 fully saturated rings. The molecule has 3 nitrogen and oxygen atoms in total. The Morgan fingerprint density at radius 3 is 2.68 bits per heavy atom. The maximum Gasteiger partial charge on any atom is 0.416 e. The fraction of sp³-hybridized carbons (Fsp3) is 0.316. The molecule has 6 heteroatoms. The Labute approximate surface area is 143 Å². The molecular weight excluding hydrogens is 331 g/mol. The molecule has 0 aromatic heterocycles. The number of amides is 1. The van der Waals surface area contributed by atoms with Crippen molar-refractivity contribution in [3.63, 3.8) is 0 Å². The molecule has 0 aliphatic carbocycles. The van der Waals surface area contributed by atoms with Gasteiger partial charge in [0, 0.05) is 13.0 Å². The minimum atomic E-state index is -4.42. The first kappa shape index (κ1) is 16.0. The van der Waals surface area contributed by atoms with E-state index in [1.165, 1.54) is 11.6 Å². The van der Waals surface area contributed by atoms with E-state index in [1.54, 1.807) is 11.0 Å². The number of hydrogen-bond acceptors (Lipinski definition) is 2. The maximum absolute atomic E-state index is 13.0. The number of carbonyl (C=O) groups is 1. The molecule has 2 aliphatic heterocycles. The Kier molecular flexibility index (Phi) is 3.71. The second-order valence-electron chi connectivity index (χ2n) is 6.39. The molecule has 0 N–H and O–H groups in total. The number of cyclic esters (lactones) is 1. The van der Waals surface area contributed by atoms with Crippen molar-refractivity contribution in [3.05, 3.63) is 70.8 Å². The first-order valence-corrected chi connectivity index (χ1v) is 8.16. The Bertz CT molecular complexity index is 818. The lowest BCUT2D eigenvalue weighted by atomic mass is 9.87. The van der Waals surface area contributed by atoms with Gasteiger partial charge in [-0.05, 0) is 35.2 Å². The van der Waals surface area contributed by atoms with Crippen molar-refractivity contribution >= 4 is 6.09 Å². The van der Waals surface area contributed by atoms with Crippen LogP contribution in [0.2, 0.25) is 0 Å². The van der Waals surface area contributed by atoms with E-state index in [0.717, 1.165) is 24.1 Å². The topological polar surface area (TPSA) is 29.5 Å². The summed E-state index contributed by atoms with van der Waals surface area (Å²) in [6.07, 6.45) is -4.35. The van der Waals surface area contributed by atoms with Crippen LogP contribution in [0.4, 0.5) is 18.0 Å². The van der Waals surface area contributed by atoms with Gasteiger partial charge < -0.3 is 9.64 Å². The summed E-state index contributed by atoms with van der Waals surface area (Å²) in [7, 11) is 0. The zero-order valence-corrected chi connectivity index (χ0v) is 13.3. The van der Waals surface area contributed by atoms with E-state index in [4.69, 9.17) is 4.74 Å². The van der Waals surface area contributed by atoms with E-state index < -0.39 is 23.9 Å². The molecule has 25 heavy (non-hydrogen) atoms. The highest BCUT2D eigenvalue weighted by Crippen LogP contribution is 2.43. The Balaban J connectivity index is 1.67. The Morgan fingerprint density at radius 2 is 1.88 bits per heavy atom. The van der Waals surface area contributed by atoms with E-state index in [2.05, 4.69) is 0 Å². The van der Waals surface area contributed by atoms with Crippen LogP contribution in [-0.2, 0) is 17.3 Å². The molecular formula is C19H16F3NO2. The predicted octanol–water partition coefficient (Wildman–Crippen LogP) is 4.89. The number of hydrogen-bond donors (Lipinski definition) is 0. The lowest BCUT2D eigenvalue weighted by molar-refractivity contribution is -0.137. The lowest BCUT2D eigenvalue weighted by Crippen LogP contribution is -2.45. The summed E-state index contributed by atoms with van der Waals surface area (Å²) in [5.41, 5.74) is 1.89. The highest BCUT2D eigenvalue weighted by molar-refractivity contribution is 5.70. The van der Waals surface area contributed by atoms with Crippen molar-refractivity contribution in [2.24, 2.45) is 0 Å². The molecule has 2 aromatic carbocycles. The summed E-state index contributed by atoms with van der Waals surface area (Å²) in [6, 6.07) is 12.8. The van der Waals surface area contributed by atoms with Gasteiger partial charge in [0.15, 0.2) is 0 Å². The number of nitrogens with zero attached hydrogens (tertiary/aromatic N) is 1. The van der Waals surface area contributed by atoms with Gasteiger partial charge in [-0.3, -0.25) is 0 Å². The molecule has 1 amide bonds. The maximum atomic E-state index is 13.0. The van der Waals surface area contributed by atoms with Gasteiger partial charge in [0.2, 0.25) is 0 Å². The van der Waals surface area contributed by atoms with Crippen LogP contribution in [0.1, 0.15) is 40.8 Å². The molecule has 0 bridgehead atoms. The van der Waals surface area contributed by atoms with Crippen LogP contribution >= 0.6 is 0 Å². The first-order valence-electron chi connectivity index (χ1n) is 8.16. The van der Waals surface area contributed by atoms with Crippen LogP contribution in [0.5, 0.6) is 0 Å². The van der Waals surface area contributed by atoms with Crippen LogP contribution in [0.3, 0.4) is 0 Å². The quantitative estimate of drug-likeness (QED) is 0.735. The average molecular weight is 347 g/mol. The van der Waals surface area contributed by atoms with Crippen molar-refractivity contribution in [1.29, 1.82) is 0 Å².